The molecule has 1 aliphatic heterocycles. The molecule has 1 aromatic rings. The highest BCUT2D eigenvalue weighted by molar-refractivity contribution is 5.87. The van der Waals surface area contributed by atoms with E-state index in [1.54, 1.807) is 4.90 Å². The molecule has 1 aliphatic rings. The van der Waals surface area contributed by atoms with Gasteiger partial charge in [-0.3, -0.25) is 4.79 Å². The summed E-state index contributed by atoms with van der Waals surface area (Å²) < 4.78 is 5.14. The van der Waals surface area contributed by atoms with Crippen LogP contribution in [0.5, 0.6) is 0 Å². The van der Waals surface area contributed by atoms with Crippen LogP contribution in [0.1, 0.15) is 35.9 Å². The van der Waals surface area contributed by atoms with Crippen molar-refractivity contribution < 1.29 is 19.1 Å². The summed E-state index contributed by atoms with van der Waals surface area (Å²) in [5.74, 6) is -0.328. The van der Waals surface area contributed by atoms with Crippen molar-refractivity contribution >= 4 is 11.9 Å². The Bertz CT molecular complexity index is 437. The first kappa shape index (κ1) is 11.7. The summed E-state index contributed by atoms with van der Waals surface area (Å²) in [6.07, 6.45) is 3.11. The predicted octanol–water partition coefficient (Wildman–Crippen LogP) is 1.74. The van der Waals surface area contributed by atoms with Gasteiger partial charge < -0.3 is 14.4 Å². The Kier molecular flexibility index (Phi) is 3.17. The van der Waals surface area contributed by atoms with Gasteiger partial charge in [-0.15, -0.1) is 0 Å². The highest BCUT2D eigenvalue weighted by atomic mass is 16.4. The molecule has 1 N–H and O–H groups in total. The van der Waals surface area contributed by atoms with E-state index in [0.29, 0.717) is 18.8 Å². The first-order valence-electron chi connectivity index (χ1n) is 5.67. The van der Waals surface area contributed by atoms with E-state index in [0.717, 1.165) is 12.8 Å². The molecule has 5 nitrogen and oxygen atoms in total. The van der Waals surface area contributed by atoms with Gasteiger partial charge in [0, 0.05) is 12.5 Å². The third-order valence-electron chi connectivity index (χ3n) is 3.05. The van der Waals surface area contributed by atoms with Crippen molar-refractivity contribution in [1.82, 2.24) is 4.90 Å². The lowest BCUT2D eigenvalue weighted by atomic mass is 9.99. The van der Waals surface area contributed by atoms with Crippen molar-refractivity contribution in [2.24, 2.45) is 5.92 Å². The maximum absolute atomic E-state index is 11.8. The molecule has 2 heterocycles. The first-order chi connectivity index (χ1) is 8.08. The van der Waals surface area contributed by atoms with Gasteiger partial charge in [0.25, 0.3) is 0 Å². The summed E-state index contributed by atoms with van der Waals surface area (Å²) in [6, 6.07) is 1.47. The quantitative estimate of drug-likeness (QED) is 0.869. The van der Waals surface area contributed by atoms with Gasteiger partial charge in [0.15, 0.2) is 0 Å². The summed E-state index contributed by atoms with van der Waals surface area (Å²) in [6.45, 7) is 2.99. The topological polar surface area (TPSA) is 70.8 Å². The molecule has 1 atom stereocenters. The number of rotatable bonds is 3. The number of aromatic carboxylic acids is 1. The Morgan fingerprint density at radius 1 is 1.65 bits per heavy atom. The third kappa shape index (κ3) is 2.49. The van der Waals surface area contributed by atoms with Gasteiger partial charge in [0.1, 0.15) is 12.0 Å². The molecular weight excluding hydrogens is 222 g/mol. The smallest absolute Gasteiger partial charge is 0.338 e. The van der Waals surface area contributed by atoms with Crippen LogP contribution in [0.25, 0.3) is 0 Å². The highest BCUT2D eigenvalue weighted by Crippen LogP contribution is 2.20. The first-order valence-corrected chi connectivity index (χ1v) is 5.67. The van der Waals surface area contributed by atoms with Crippen molar-refractivity contribution in [3.8, 4) is 0 Å². The molecule has 5 heteroatoms. The van der Waals surface area contributed by atoms with Crippen molar-refractivity contribution in [2.45, 2.75) is 26.3 Å². The molecule has 0 bridgehead atoms. The molecule has 0 aliphatic carbocycles. The zero-order valence-electron chi connectivity index (χ0n) is 9.68. The number of carbonyl (C=O) groups is 2. The monoisotopic (exact) mass is 237 g/mol. The number of hydrogen-bond acceptors (Lipinski definition) is 3. The van der Waals surface area contributed by atoms with Crippen molar-refractivity contribution in [3.63, 3.8) is 0 Å². The molecular formula is C12H15NO4. The van der Waals surface area contributed by atoms with Crippen LogP contribution < -0.4 is 0 Å². The molecule has 1 unspecified atom stereocenters. The standard InChI is InChI=1S/C12H15NO4/c1-8-3-2-4-13(11(8)14)6-10-5-9(7-17-10)12(15)16/h5,7-8H,2-4,6H2,1H3,(H,15,16). The van der Waals surface area contributed by atoms with E-state index in [1.807, 2.05) is 6.92 Å². The molecule has 0 radical (unpaired) electrons. The van der Waals surface area contributed by atoms with Crippen molar-refractivity contribution in [1.29, 1.82) is 0 Å². The van der Waals surface area contributed by atoms with E-state index < -0.39 is 5.97 Å². The Morgan fingerprint density at radius 2 is 2.41 bits per heavy atom. The minimum atomic E-state index is -1.02. The fourth-order valence-electron chi connectivity index (χ4n) is 2.05. The number of carboxylic acid groups (broad SMARTS) is 1. The van der Waals surface area contributed by atoms with Gasteiger partial charge in [-0.05, 0) is 18.9 Å². The number of likely N-dealkylation sites (tertiary alicyclic amines) is 1. The number of carboxylic acids is 1. The SMILES string of the molecule is CC1CCCN(Cc2cc(C(=O)O)co2)C1=O. The summed E-state index contributed by atoms with van der Waals surface area (Å²) in [7, 11) is 0. The largest absolute Gasteiger partial charge is 0.478 e. The normalized spacial score (nSPS) is 20.6. The molecule has 92 valence electrons. The second-order valence-electron chi connectivity index (χ2n) is 4.41. The highest BCUT2D eigenvalue weighted by Gasteiger charge is 2.25. The maximum Gasteiger partial charge on any atom is 0.338 e. The Labute approximate surface area is 99.0 Å². The van der Waals surface area contributed by atoms with Crippen LogP contribution in [0.3, 0.4) is 0 Å². The fraction of sp³-hybridized carbons (Fsp3) is 0.500. The lowest BCUT2D eigenvalue weighted by Crippen LogP contribution is -2.39. The lowest BCUT2D eigenvalue weighted by molar-refractivity contribution is -0.138. The number of carbonyl (C=O) groups excluding carboxylic acids is 1. The zero-order valence-corrected chi connectivity index (χ0v) is 9.68. The average Bonchev–Trinajstić information content (AvgIpc) is 2.73. The number of hydrogen-bond donors (Lipinski definition) is 1. The Morgan fingerprint density at radius 3 is 3.06 bits per heavy atom. The van der Waals surface area contributed by atoms with Gasteiger partial charge in [-0.25, -0.2) is 4.79 Å². The van der Waals surface area contributed by atoms with Crippen molar-refractivity contribution in [2.75, 3.05) is 6.54 Å². The molecule has 1 aromatic heterocycles. The number of amides is 1. The Hall–Kier alpha value is -1.78. The zero-order chi connectivity index (χ0) is 12.4. The molecule has 2 rings (SSSR count). The summed E-state index contributed by atoms with van der Waals surface area (Å²) in [4.78, 5) is 24.2. The molecule has 1 saturated heterocycles. The minimum absolute atomic E-state index is 0.0534. The molecule has 0 spiro atoms. The van der Waals surface area contributed by atoms with Gasteiger partial charge in [-0.2, -0.15) is 0 Å². The fourth-order valence-corrected chi connectivity index (χ4v) is 2.05. The van der Waals surface area contributed by atoms with Crippen LogP contribution >= 0.6 is 0 Å². The molecule has 1 amide bonds. The van der Waals surface area contributed by atoms with Crippen LogP contribution in [0.4, 0.5) is 0 Å². The molecule has 0 saturated carbocycles. The molecule has 17 heavy (non-hydrogen) atoms. The van der Waals surface area contributed by atoms with E-state index in [2.05, 4.69) is 0 Å². The van der Waals surface area contributed by atoms with Crippen molar-refractivity contribution in [3.05, 3.63) is 23.7 Å². The van der Waals surface area contributed by atoms with Crippen LogP contribution in [-0.4, -0.2) is 28.4 Å². The second kappa shape index (κ2) is 4.61. The summed E-state index contributed by atoms with van der Waals surface area (Å²) in [5, 5.41) is 8.76. The van der Waals surface area contributed by atoms with E-state index in [9.17, 15) is 9.59 Å². The average molecular weight is 237 g/mol. The van der Waals surface area contributed by atoms with E-state index in [-0.39, 0.29) is 17.4 Å². The van der Waals surface area contributed by atoms with Gasteiger partial charge in [-0.1, -0.05) is 6.92 Å². The maximum atomic E-state index is 11.8. The predicted molar refractivity (Wildman–Crippen MR) is 59.5 cm³/mol. The number of nitrogens with zero attached hydrogens (tertiary/aromatic N) is 1. The van der Waals surface area contributed by atoms with Crippen LogP contribution in [0.2, 0.25) is 0 Å². The lowest BCUT2D eigenvalue weighted by Gasteiger charge is -2.29. The third-order valence-corrected chi connectivity index (χ3v) is 3.05. The van der Waals surface area contributed by atoms with Crippen LogP contribution in [0.15, 0.2) is 16.7 Å². The van der Waals surface area contributed by atoms with E-state index in [4.69, 9.17) is 9.52 Å². The number of piperidine rings is 1. The van der Waals surface area contributed by atoms with E-state index >= 15 is 0 Å². The molecule has 1 fully saturated rings. The van der Waals surface area contributed by atoms with Gasteiger partial charge in [0.2, 0.25) is 5.91 Å². The Balaban J connectivity index is 2.04. The van der Waals surface area contributed by atoms with Gasteiger partial charge >= 0.3 is 5.97 Å². The number of furan rings is 1. The molecule has 0 aromatic carbocycles. The van der Waals surface area contributed by atoms with Crippen LogP contribution in [-0.2, 0) is 11.3 Å². The summed E-state index contributed by atoms with van der Waals surface area (Å²) in [5.41, 5.74) is 0.123. The second-order valence-corrected chi connectivity index (χ2v) is 4.41. The minimum Gasteiger partial charge on any atom is -0.478 e. The summed E-state index contributed by atoms with van der Waals surface area (Å²) >= 11 is 0. The van der Waals surface area contributed by atoms with E-state index in [1.165, 1.54) is 12.3 Å². The van der Waals surface area contributed by atoms with Crippen LogP contribution in [0, 0.1) is 5.92 Å². The van der Waals surface area contributed by atoms with Gasteiger partial charge in [0.05, 0.1) is 12.1 Å².